The molecule has 4 rings (SSSR count). The van der Waals surface area contributed by atoms with Gasteiger partial charge in [-0.2, -0.15) is 0 Å². The first kappa shape index (κ1) is 25.7. The maximum absolute atomic E-state index is 14.0. The molecule has 0 unspecified atom stereocenters. The molecule has 194 valence electrons. The maximum Gasteiger partial charge on any atom is 0.254 e. The van der Waals surface area contributed by atoms with Gasteiger partial charge in [-0.3, -0.25) is 9.59 Å². The van der Waals surface area contributed by atoms with Crippen molar-refractivity contribution in [3.63, 3.8) is 0 Å². The number of hydrogen-bond donors (Lipinski definition) is 1. The minimum absolute atomic E-state index is 0.230. The summed E-state index contributed by atoms with van der Waals surface area (Å²) in [5.41, 5.74) is 2.22. The van der Waals surface area contributed by atoms with E-state index in [4.69, 9.17) is 23.7 Å². The number of ether oxygens (including phenoxy) is 5. The molecule has 1 aliphatic rings. The van der Waals surface area contributed by atoms with Crippen LogP contribution in [0, 0.1) is 0 Å². The number of nitrogens with zero attached hydrogens (tertiary/aromatic N) is 1. The number of benzene rings is 3. The molecule has 1 N–H and O–H groups in total. The second-order valence-corrected chi connectivity index (χ2v) is 8.47. The van der Waals surface area contributed by atoms with Crippen LogP contribution in [0.4, 0.5) is 5.69 Å². The van der Waals surface area contributed by atoms with E-state index in [1.54, 1.807) is 68.6 Å². The zero-order chi connectivity index (χ0) is 26.7. The van der Waals surface area contributed by atoms with Gasteiger partial charge in [-0.1, -0.05) is 12.1 Å². The molecule has 1 aliphatic heterocycles. The van der Waals surface area contributed by atoms with Crippen molar-refractivity contribution in [1.29, 1.82) is 0 Å². The third-order valence-electron chi connectivity index (χ3n) is 6.57. The highest BCUT2D eigenvalue weighted by Gasteiger charge is 2.43. The Kier molecular flexibility index (Phi) is 7.42. The Morgan fingerprint density at radius 3 is 1.95 bits per heavy atom. The van der Waals surface area contributed by atoms with Crippen molar-refractivity contribution >= 4 is 17.5 Å². The third kappa shape index (κ3) is 4.72. The van der Waals surface area contributed by atoms with Crippen molar-refractivity contribution in [3.8, 4) is 28.7 Å². The second-order valence-electron chi connectivity index (χ2n) is 8.47. The molecule has 0 bridgehead atoms. The highest BCUT2D eigenvalue weighted by atomic mass is 16.5. The lowest BCUT2D eigenvalue weighted by Gasteiger charge is -2.40. The molecule has 0 fully saturated rings. The quantitative estimate of drug-likeness (QED) is 0.487. The van der Waals surface area contributed by atoms with Crippen molar-refractivity contribution in [2.45, 2.75) is 12.0 Å². The van der Waals surface area contributed by atoms with Crippen molar-refractivity contribution in [1.82, 2.24) is 4.90 Å². The summed E-state index contributed by atoms with van der Waals surface area (Å²) in [5.74, 6) is 1.23. The number of carbonyl (C=O) groups excluding carboxylic acids is 2. The van der Waals surface area contributed by atoms with Gasteiger partial charge in [0.15, 0.2) is 23.0 Å². The zero-order valence-corrected chi connectivity index (χ0v) is 21.7. The number of carbonyl (C=O) groups is 2. The SMILES string of the molecule is COc1ccc([C@H]2[C@H](C(=O)Nc3ccc(OC)c(OC)c3)c3cc(OC)c(OC)cc3C(=O)N2C)cc1. The predicted molar refractivity (Wildman–Crippen MR) is 138 cm³/mol. The molecule has 2 atom stereocenters. The molecule has 0 spiro atoms. The van der Waals surface area contributed by atoms with Gasteiger partial charge in [0.1, 0.15) is 5.75 Å². The lowest BCUT2D eigenvalue weighted by molar-refractivity contribution is -0.119. The van der Waals surface area contributed by atoms with Crippen LogP contribution in [0.25, 0.3) is 0 Å². The molecule has 0 aliphatic carbocycles. The minimum atomic E-state index is -0.765. The number of hydrogen-bond acceptors (Lipinski definition) is 7. The number of nitrogens with one attached hydrogen (secondary N) is 1. The summed E-state index contributed by atoms with van der Waals surface area (Å²) in [6, 6.07) is 15.2. The highest BCUT2D eigenvalue weighted by molar-refractivity contribution is 6.05. The van der Waals surface area contributed by atoms with Crippen LogP contribution in [0.15, 0.2) is 54.6 Å². The summed E-state index contributed by atoms with van der Waals surface area (Å²) in [5, 5.41) is 2.99. The van der Waals surface area contributed by atoms with Gasteiger partial charge < -0.3 is 33.9 Å². The Balaban J connectivity index is 1.85. The molecular formula is C28H30N2O7. The van der Waals surface area contributed by atoms with Gasteiger partial charge in [0.05, 0.1) is 47.5 Å². The summed E-state index contributed by atoms with van der Waals surface area (Å²) < 4.78 is 26.9. The van der Waals surface area contributed by atoms with Crippen LogP contribution >= 0.6 is 0 Å². The average molecular weight is 507 g/mol. The van der Waals surface area contributed by atoms with Crippen LogP contribution < -0.4 is 29.0 Å². The monoisotopic (exact) mass is 506 g/mol. The molecule has 0 radical (unpaired) electrons. The number of amides is 2. The fourth-order valence-electron chi connectivity index (χ4n) is 4.68. The normalized spacial score (nSPS) is 16.5. The van der Waals surface area contributed by atoms with E-state index in [0.717, 1.165) is 5.56 Å². The highest BCUT2D eigenvalue weighted by Crippen LogP contribution is 2.46. The topological polar surface area (TPSA) is 95.6 Å². The fourth-order valence-corrected chi connectivity index (χ4v) is 4.68. The molecule has 9 heteroatoms. The molecule has 1 heterocycles. The predicted octanol–water partition coefficient (Wildman–Crippen LogP) is 4.28. The van der Waals surface area contributed by atoms with E-state index < -0.39 is 12.0 Å². The van der Waals surface area contributed by atoms with Gasteiger partial charge in [-0.25, -0.2) is 0 Å². The zero-order valence-electron chi connectivity index (χ0n) is 21.7. The Labute approximate surface area is 215 Å². The number of fused-ring (bicyclic) bond motifs is 1. The summed E-state index contributed by atoms with van der Waals surface area (Å²) in [6.07, 6.45) is 0. The molecule has 0 saturated heterocycles. The van der Waals surface area contributed by atoms with Crippen molar-refractivity contribution in [2.24, 2.45) is 0 Å². The molecule has 3 aromatic rings. The average Bonchev–Trinajstić information content (AvgIpc) is 2.93. The minimum Gasteiger partial charge on any atom is -0.497 e. The van der Waals surface area contributed by atoms with Gasteiger partial charge in [-0.05, 0) is 47.5 Å². The van der Waals surface area contributed by atoms with Crippen LogP contribution in [0.2, 0.25) is 0 Å². The van der Waals surface area contributed by atoms with E-state index in [-0.39, 0.29) is 11.8 Å². The van der Waals surface area contributed by atoms with E-state index in [9.17, 15) is 9.59 Å². The lowest BCUT2D eigenvalue weighted by atomic mass is 9.79. The van der Waals surface area contributed by atoms with Gasteiger partial charge in [0.2, 0.25) is 5.91 Å². The smallest absolute Gasteiger partial charge is 0.254 e. The van der Waals surface area contributed by atoms with Crippen molar-refractivity contribution in [2.75, 3.05) is 47.9 Å². The van der Waals surface area contributed by atoms with Crippen LogP contribution in [-0.4, -0.2) is 59.3 Å². The Bertz CT molecular complexity index is 1310. The van der Waals surface area contributed by atoms with E-state index in [1.807, 2.05) is 12.1 Å². The van der Waals surface area contributed by atoms with Crippen LogP contribution in [-0.2, 0) is 4.79 Å². The molecule has 0 aromatic heterocycles. The summed E-state index contributed by atoms with van der Waals surface area (Å²) in [4.78, 5) is 29.1. The number of rotatable bonds is 8. The van der Waals surface area contributed by atoms with Gasteiger partial charge >= 0.3 is 0 Å². The van der Waals surface area contributed by atoms with Crippen LogP contribution in [0.3, 0.4) is 0 Å². The lowest BCUT2D eigenvalue weighted by Crippen LogP contribution is -2.44. The fraction of sp³-hybridized carbons (Fsp3) is 0.286. The van der Waals surface area contributed by atoms with Gasteiger partial charge in [-0.15, -0.1) is 0 Å². The maximum atomic E-state index is 14.0. The molecule has 9 nitrogen and oxygen atoms in total. The molecule has 37 heavy (non-hydrogen) atoms. The number of anilines is 1. The van der Waals surface area contributed by atoms with Crippen molar-refractivity contribution < 1.29 is 33.3 Å². The first-order chi connectivity index (χ1) is 17.9. The van der Waals surface area contributed by atoms with E-state index in [2.05, 4.69) is 5.32 Å². The standard InChI is InChI=1S/C28H30N2O7/c1-30-26(16-7-10-18(33-2)11-8-16)25(19-14-23(36-5)24(37-6)15-20(19)28(30)32)27(31)29-17-9-12-21(34-3)22(13-17)35-4/h7-15,25-26H,1-6H3,(H,29,31)/t25-,26+/m1/s1. The Morgan fingerprint density at radius 1 is 0.757 bits per heavy atom. The number of methoxy groups -OCH3 is 5. The first-order valence-electron chi connectivity index (χ1n) is 11.6. The summed E-state index contributed by atoms with van der Waals surface area (Å²) >= 11 is 0. The van der Waals surface area contributed by atoms with Crippen molar-refractivity contribution in [3.05, 3.63) is 71.3 Å². The van der Waals surface area contributed by atoms with E-state index >= 15 is 0 Å². The second kappa shape index (κ2) is 10.7. The molecule has 0 saturated carbocycles. The number of likely N-dealkylation sites (N-methyl/N-ethyl adjacent to an activating group) is 1. The molecular weight excluding hydrogens is 476 g/mol. The van der Waals surface area contributed by atoms with Gasteiger partial charge in [0.25, 0.3) is 5.91 Å². The van der Waals surface area contributed by atoms with Crippen LogP contribution in [0.1, 0.15) is 33.4 Å². The third-order valence-corrected chi connectivity index (χ3v) is 6.57. The summed E-state index contributed by atoms with van der Waals surface area (Å²) in [7, 11) is 9.36. The van der Waals surface area contributed by atoms with E-state index in [0.29, 0.717) is 45.6 Å². The Morgan fingerprint density at radius 2 is 1.35 bits per heavy atom. The summed E-state index contributed by atoms with van der Waals surface area (Å²) in [6.45, 7) is 0. The first-order valence-corrected chi connectivity index (χ1v) is 11.6. The largest absolute Gasteiger partial charge is 0.497 e. The van der Waals surface area contributed by atoms with Gasteiger partial charge in [0, 0.05) is 24.4 Å². The molecule has 3 aromatic carbocycles. The van der Waals surface area contributed by atoms with E-state index in [1.165, 1.54) is 21.3 Å². The van der Waals surface area contributed by atoms with Crippen LogP contribution in [0.5, 0.6) is 28.7 Å². The Hall–Kier alpha value is -4.40. The molecule has 2 amide bonds.